The van der Waals surface area contributed by atoms with Crippen LogP contribution >= 0.6 is 24.0 Å². The predicted molar refractivity (Wildman–Crippen MR) is 87.1 cm³/mol. The van der Waals surface area contributed by atoms with Crippen molar-refractivity contribution in [3.8, 4) is 5.75 Å². The topological polar surface area (TPSA) is 64.3 Å². The Morgan fingerprint density at radius 3 is 2.76 bits per heavy atom. The van der Waals surface area contributed by atoms with Crippen molar-refractivity contribution in [1.82, 2.24) is 5.32 Å². The summed E-state index contributed by atoms with van der Waals surface area (Å²) in [4.78, 5) is 11.9. The molecule has 0 spiro atoms. The second-order valence-corrected chi connectivity index (χ2v) is 5.58. The van der Waals surface area contributed by atoms with Crippen LogP contribution in [0.1, 0.15) is 25.7 Å². The second-order valence-electron chi connectivity index (χ2n) is 5.17. The van der Waals surface area contributed by atoms with E-state index in [4.69, 9.17) is 22.1 Å². The molecule has 0 radical (unpaired) electrons. The smallest absolute Gasteiger partial charge is 0.258 e. The van der Waals surface area contributed by atoms with Crippen molar-refractivity contribution in [3.63, 3.8) is 0 Å². The van der Waals surface area contributed by atoms with E-state index in [0.29, 0.717) is 23.2 Å². The molecule has 1 aromatic carbocycles. The van der Waals surface area contributed by atoms with E-state index >= 15 is 0 Å². The molecule has 1 saturated carbocycles. The Balaban J connectivity index is 0.00000220. The molecule has 1 amide bonds. The normalized spacial score (nSPS) is 21.2. The lowest BCUT2D eigenvalue weighted by Crippen LogP contribution is -2.46. The summed E-state index contributed by atoms with van der Waals surface area (Å²) in [6.45, 7) is 0.605. The number of para-hydroxylation sites is 1. The summed E-state index contributed by atoms with van der Waals surface area (Å²) in [6, 6.07) is 7.31. The molecule has 0 saturated heterocycles. The molecule has 4 nitrogen and oxygen atoms in total. The first-order chi connectivity index (χ1) is 9.70. The Labute approximate surface area is 136 Å². The first-order valence-corrected chi connectivity index (χ1v) is 7.45. The van der Waals surface area contributed by atoms with Crippen molar-refractivity contribution in [2.45, 2.75) is 31.7 Å². The Morgan fingerprint density at radius 1 is 1.33 bits per heavy atom. The summed E-state index contributed by atoms with van der Waals surface area (Å²) < 4.78 is 5.43. The molecule has 0 aliphatic heterocycles. The van der Waals surface area contributed by atoms with Gasteiger partial charge in [0.05, 0.1) is 5.02 Å². The van der Waals surface area contributed by atoms with Crippen molar-refractivity contribution in [3.05, 3.63) is 29.3 Å². The molecule has 21 heavy (non-hydrogen) atoms. The molecule has 2 atom stereocenters. The van der Waals surface area contributed by atoms with Gasteiger partial charge in [0.2, 0.25) is 0 Å². The van der Waals surface area contributed by atoms with Gasteiger partial charge in [0.15, 0.2) is 6.61 Å². The maximum atomic E-state index is 11.9. The van der Waals surface area contributed by atoms with Gasteiger partial charge in [0.25, 0.3) is 5.91 Å². The molecule has 118 valence electrons. The molecular formula is C15H22Cl2N2O2. The highest BCUT2D eigenvalue weighted by Gasteiger charge is 2.25. The second kappa shape index (κ2) is 9.13. The number of nitrogens with one attached hydrogen (secondary N) is 1. The molecule has 2 rings (SSSR count). The SMILES string of the molecule is Cl.NCC1CCCCC1NC(=O)COc1ccccc1Cl. The van der Waals surface area contributed by atoms with Gasteiger partial charge in [0.1, 0.15) is 5.75 Å². The number of hydrogen-bond donors (Lipinski definition) is 2. The van der Waals surface area contributed by atoms with E-state index in [-0.39, 0.29) is 31.0 Å². The standard InChI is InChI=1S/C15H21ClN2O2.ClH/c16-12-6-2-4-8-14(12)20-10-15(19)18-13-7-3-1-5-11(13)9-17;/h2,4,6,8,11,13H,1,3,5,7,9-10,17H2,(H,18,19);1H. The Hall–Kier alpha value is -0.970. The van der Waals surface area contributed by atoms with Gasteiger partial charge in [-0.05, 0) is 37.4 Å². The molecule has 0 heterocycles. The lowest BCUT2D eigenvalue weighted by atomic mass is 9.84. The number of rotatable bonds is 5. The third kappa shape index (κ3) is 5.38. The maximum absolute atomic E-state index is 11.9. The lowest BCUT2D eigenvalue weighted by Gasteiger charge is -2.31. The molecule has 1 aliphatic carbocycles. The fraction of sp³-hybridized carbons (Fsp3) is 0.533. The fourth-order valence-electron chi connectivity index (χ4n) is 2.63. The zero-order chi connectivity index (χ0) is 14.4. The molecule has 3 N–H and O–H groups in total. The summed E-state index contributed by atoms with van der Waals surface area (Å²) in [5.41, 5.74) is 5.75. The minimum atomic E-state index is -0.115. The molecule has 1 aliphatic rings. The Kier molecular flexibility index (Phi) is 7.86. The van der Waals surface area contributed by atoms with E-state index in [1.54, 1.807) is 12.1 Å². The molecule has 2 unspecified atom stereocenters. The van der Waals surface area contributed by atoms with Crippen LogP contribution in [-0.4, -0.2) is 25.1 Å². The molecular weight excluding hydrogens is 311 g/mol. The van der Waals surface area contributed by atoms with Gasteiger partial charge in [-0.1, -0.05) is 36.6 Å². The van der Waals surface area contributed by atoms with Crippen LogP contribution in [0.2, 0.25) is 5.02 Å². The molecule has 1 fully saturated rings. The first kappa shape index (κ1) is 18.1. The lowest BCUT2D eigenvalue weighted by molar-refractivity contribution is -0.124. The maximum Gasteiger partial charge on any atom is 0.258 e. The summed E-state index contributed by atoms with van der Waals surface area (Å²) in [7, 11) is 0. The van der Waals surface area contributed by atoms with Crippen LogP contribution in [0.3, 0.4) is 0 Å². The van der Waals surface area contributed by atoms with Crippen LogP contribution in [0.25, 0.3) is 0 Å². The summed E-state index contributed by atoms with van der Waals surface area (Å²) in [5, 5.41) is 3.53. The Bertz CT molecular complexity index is 457. The number of ether oxygens (including phenoxy) is 1. The van der Waals surface area contributed by atoms with Crippen LogP contribution in [0, 0.1) is 5.92 Å². The highest BCUT2D eigenvalue weighted by molar-refractivity contribution is 6.32. The third-order valence-corrected chi connectivity index (χ3v) is 4.07. The summed E-state index contributed by atoms with van der Waals surface area (Å²) in [5.74, 6) is 0.798. The average molecular weight is 333 g/mol. The molecule has 0 bridgehead atoms. The minimum Gasteiger partial charge on any atom is -0.482 e. The number of carbonyl (C=O) groups excluding carboxylic acids is 1. The van der Waals surface area contributed by atoms with Gasteiger partial charge in [-0.3, -0.25) is 4.79 Å². The summed E-state index contributed by atoms with van der Waals surface area (Å²) >= 11 is 5.97. The number of hydrogen-bond acceptors (Lipinski definition) is 3. The molecule has 0 aromatic heterocycles. The molecule has 6 heteroatoms. The largest absolute Gasteiger partial charge is 0.482 e. The van der Waals surface area contributed by atoms with Crippen LogP contribution in [0.5, 0.6) is 5.75 Å². The summed E-state index contributed by atoms with van der Waals surface area (Å²) in [6.07, 6.45) is 4.43. The highest BCUT2D eigenvalue weighted by Crippen LogP contribution is 2.24. The van der Waals surface area contributed by atoms with Gasteiger partial charge in [-0.2, -0.15) is 0 Å². The van der Waals surface area contributed by atoms with E-state index in [2.05, 4.69) is 5.32 Å². The quantitative estimate of drug-likeness (QED) is 0.871. The first-order valence-electron chi connectivity index (χ1n) is 7.07. The van der Waals surface area contributed by atoms with Crippen LogP contribution < -0.4 is 15.8 Å². The van der Waals surface area contributed by atoms with Crippen molar-refractivity contribution >= 4 is 29.9 Å². The number of nitrogens with two attached hydrogens (primary N) is 1. The van der Waals surface area contributed by atoms with E-state index < -0.39 is 0 Å². The van der Waals surface area contributed by atoms with Crippen molar-refractivity contribution in [2.24, 2.45) is 11.7 Å². The highest BCUT2D eigenvalue weighted by atomic mass is 35.5. The van der Waals surface area contributed by atoms with Gasteiger partial charge in [-0.15, -0.1) is 12.4 Å². The van der Waals surface area contributed by atoms with Gasteiger partial charge in [0, 0.05) is 6.04 Å². The van der Waals surface area contributed by atoms with Gasteiger partial charge < -0.3 is 15.8 Å². The average Bonchev–Trinajstić information content (AvgIpc) is 2.47. The van der Waals surface area contributed by atoms with Crippen LogP contribution in [0.15, 0.2) is 24.3 Å². The van der Waals surface area contributed by atoms with Crippen molar-refractivity contribution < 1.29 is 9.53 Å². The van der Waals surface area contributed by atoms with E-state index in [1.807, 2.05) is 12.1 Å². The van der Waals surface area contributed by atoms with E-state index in [9.17, 15) is 4.79 Å². The van der Waals surface area contributed by atoms with Crippen molar-refractivity contribution in [1.29, 1.82) is 0 Å². The van der Waals surface area contributed by atoms with Gasteiger partial charge >= 0.3 is 0 Å². The Morgan fingerprint density at radius 2 is 2.05 bits per heavy atom. The zero-order valence-electron chi connectivity index (χ0n) is 11.9. The van der Waals surface area contributed by atoms with E-state index in [1.165, 1.54) is 6.42 Å². The number of amides is 1. The van der Waals surface area contributed by atoms with Crippen LogP contribution in [0.4, 0.5) is 0 Å². The van der Waals surface area contributed by atoms with Crippen molar-refractivity contribution in [2.75, 3.05) is 13.2 Å². The minimum absolute atomic E-state index is 0. The van der Waals surface area contributed by atoms with E-state index in [0.717, 1.165) is 19.3 Å². The number of halogens is 2. The molecule has 1 aromatic rings. The number of carbonyl (C=O) groups is 1. The fourth-order valence-corrected chi connectivity index (χ4v) is 2.82. The van der Waals surface area contributed by atoms with Crippen LogP contribution in [-0.2, 0) is 4.79 Å². The predicted octanol–water partition coefficient (Wildman–Crippen LogP) is 2.77. The van der Waals surface area contributed by atoms with Gasteiger partial charge in [-0.25, -0.2) is 0 Å². The third-order valence-electron chi connectivity index (χ3n) is 3.75. The number of benzene rings is 1. The monoisotopic (exact) mass is 332 g/mol. The zero-order valence-corrected chi connectivity index (χ0v) is 13.5.